The summed E-state index contributed by atoms with van der Waals surface area (Å²) in [6.07, 6.45) is 7.23. The molecule has 1 aromatic heterocycles. The van der Waals surface area contributed by atoms with Crippen molar-refractivity contribution in [3.63, 3.8) is 0 Å². The van der Waals surface area contributed by atoms with Gasteiger partial charge in [-0.3, -0.25) is 24.0 Å². The second-order valence-corrected chi connectivity index (χ2v) is 8.56. The summed E-state index contributed by atoms with van der Waals surface area (Å²) in [5.41, 5.74) is 1.07. The summed E-state index contributed by atoms with van der Waals surface area (Å²) < 4.78 is 1.46. The molecular weight excluding hydrogens is 392 g/mol. The molecule has 2 fully saturated rings. The van der Waals surface area contributed by atoms with E-state index >= 15 is 0 Å². The fraction of sp³-hybridized carbons (Fsp3) is 0.417. The summed E-state index contributed by atoms with van der Waals surface area (Å²) in [4.78, 5) is 44.7. The Labute approximate surface area is 181 Å². The number of aryl methyl sites for hydroxylation is 1. The highest BCUT2D eigenvalue weighted by Crippen LogP contribution is 2.28. The van der Waals surface area contributed by atoms with Crippen LogP contribution in [0.3, 0.4) is 0 Å². The van der Waals surface area contributed by atoms with Gasteiger partial charge in [-0.2, -0.15) is 0 Å². The first-order valence-corrected chi connectivity index (χ1v) is 10.8. The first-order valence-electron chi connectivity index (χ1n) is 10.8. The van der Waals surface area contributed by atoms with E-state index in [4.69, 9.17) is 4.99 Å². The summed E-state index contributed by atoms with van der Waals surface area (Å²) in [6.45, 7) is 3.28. The number of nitrogens with zero attached hydrogens (tertiary/aromatic N) is 3. The minimum Gasteiger partial charge on any atom is -0.319 e. The lowest BCUT2D eigenvalue weighted by molar-refractivity contribution is -0.130. The van der Waals surface area contributed by atoms with Gasteiger partial charge in [0.1, 0.15) is 17.6 Å². The standard InChI is InChI=1S/C24H28N4O3/c1-17-13-14-27(20(15-17)25-19-11-7-4-8-12-19)21(29)16-28-22(30)24(2,26-23(28)31)18-9-5-3-6-10-18/h3,5-6,9-10,13-15,19H,4,7-8,11-12,16H2,1-2H3,(H,26,31). The normalized spacial score (nSPS) is 22.6. The summed E-state index contributed by atoms with van der Waals surface area (Å²) in [6, 6.07) is 12.4. The SMILES string of the molecule is Cc1ccn(C(=O)CN2C(=O)NC(C)(c3ccccc3)C2=O)c(=NC2CCCCC2)c1. The highest BCUT2D eigenvalue weighted by atomic mass is 16.2. The molecule has 4 rings (SSSR count). The van der Waals surface area contributed by atoms with Crippen LogP contribution in [0.25, 0.3) is 0 Å². The zero-order valence-electron chi connectivity index (χ0n) is 18.0. The number of nitrogens with one attached hydrogen (secondary N) is 1. The summed E-state index contributed by atoms with van der Waals surface area (Å²) in [5.74, 6) is -0.800. The van der Waals surface area contributed by atoms with Crippen LogP contribution in [-0.4, -0.2) is 39.9 Å². The van der Waals surface area contributed by atoms with Gasteiger partial charge in [0.05, 0.1) is 6.04 Å². The Balaban J connectivity index is 1.59. The lowest BCUT2D eigenvalue weighted by Gasteiger charge is -2.22. The largest absolute Gasteiger partial charge is 0.325 e. The molecule has 1 aliphatic heterocycles. The van der Waals surface area contributed by atoms with Gasteiger partial charge in [-0.05, 0) is 49.9 Å². The molecule has 0 spiro atoms. The van der Waals surface area contributed by atoms with Crippen molar-refractivity contribution < 1.29 is 14.4 Å². The van der Waals surface area contributed by atoms with E-state index in [9.17, 15) is 14.4 Å². The van der Waals surface area contributed by atoms with E-state index in [0.717, 1.165) is 36.1 Å². The number of carbonyl (C=O) groups is 3. The molecule has 2 aliphatic rings. The zero-order chi connectivity index (χ0) is 22.0. The van der Waals surface area contributed by atoms with E-state index in [1.807, 2.05) is 37.3 Å². The van der Waals surface area contributed by atoms with Crippen molar-refractivity contribution in [3.05, 3.63) is 65.3 Å². The zero-order valence-corrected chi connectivity index (χ0v) is 18.0. The van der Waals surface area contributed by atoms with Crippen LogP contribution in [0.2, 0.25) is 0 Å². The maximum Gasteiger partial charge on any atom is 0.325 e. The molecule has 7 nitrogen and oxygen atoms in total. The number of pyridine rings is 1. The molecule has 2 aromatic rings. The molecule has 162 valence electrons. The van der Waals surface area contributed by atoms with Crippen molar-refractivity contribution in [2.45, 2.75) is 57.5 Å². The molecule has 1 saturated carbocycles. The monoisotopic (exact) mass is 420 g/mol. The minimum atomic E-state index is -1.19. The lowest BCUT2D eigenvalue weighted by Crippen LogP contribution is -2.43. The van der Waals surface area contributed by atoms with Gasteiger partial charge in [0.25, 0.3) is 11.8 Å². The second kappa shape index (κ2) is 8.49. The highest BCUT2D eigenvalue weighted by molar-refractivity contribution is 6.09. The maximum atomic E-state index is 13.1. The van der Waals surface area contributed by atoms with Crippen LogP contribution in [0.15, 0.2) is 53.7 Å². The predicted octanol–water partition coefficient (Wildman–Crippen LogP) is 3.14. The van der Waals surface area contributed by atoms with Crippen LogP contribution in [0.4, 0.5) is 4.79 Å². The molecular formula is C24H28N4O3. The smallest absolute Gasteiger partial charge is 0.319 e. The maximum absolute atomic E-state index is 13.1. The number of urea groups is 1. The third-order valence-corrected chi connectivity index (χ3v) is 6.17. The Morgan fingerprint density at radius 2 is 1.84 bits per heavy atom. The topological polar surface area (TPSA) is 83.8 Å². The number of benzene rings is 1. The van der Waals surface area contributed by atoms with Crippen LogP contribution >= 0.6 is 0 Å². The van der Waals surface area contributed by atoms with Gasteiger partial charge in [-0.25, -0.2) is 4.79 Å². The third-order valence-electron chi connectivity index (χ3n) is 6.17. The second-order valence-electron chi connectivity index (χ2n) is 8.56. The van der Waals surface area contributed by atoms with Gasteiger partial charge in [-0.15, -0.1) is 0 Å². The van der Waals surface area contributed by atoms with Gasteiger partial charge in [0.15, 0.2) is 0 Å². The third kappa shape index (κ3) is 4.17. The molecule has 2 heterocycles. The van der Waals surface area contributed by atoms with Gasteiger partial charge >= 0.3 is 6.03 Å². The minimum absolute atomic E-state index is 0.202. The number of hydrogen-bond donors (Lipinski definition) is 1. The summed E-state index contributed by atoms with van der Waals surface area (Å²) >= 11 is 0. The molecule has 7 heteroatoms. The number of amides is 3. The average molecular weight is 421 g/mol. The Hall–Kier alpha value is -3.22. The van der Waals surface area contributed by atoms with E-state index in [2.05, 4.69) is 5.32 Å². The molecule has 31 heavy (non-hydrogen) atoms. The predicted molar refractivity (Wildman–Crippen MR) is 116 cm³/mol. The van der Waals surface area contributed by atoms with Gasteiger partial charge in [-0.1, -0.05) is 49.6 Å². The molecule has 1 aromatic carbocycles. The van der Waals surface area contributed by atoms with Crippen LogP contribution in [0, 0.1) is 6.92 Å². The van der Waals surface area contributed by atoms with E-state index in [1.54, 1.807) is 25.3 Å². The van der Waals surface area contributed by atoms with Crippen LogP contribution in [0.5, 0.6) is 0 Å². The molecule has 1 N–H and O–H groups in total. The number of imide groups is 1. The van der Waals surface area contributed by atoms with Crippen LogP contribution < -0.4 is 10.8 Å². The van der Waals surface area contributed by atoms with E-state index in [1.165, 1.54) is 11.0 Å². The number of rotatable bonds is 4. The highest BCUT2D eigenvalue weighted by Gasteiger charge is 2.49. The number of carbonyl (C=O) groups excluding carboxylic acids is 3. The van der Waals surface area contributed by atoms with Crippen molar-refractivity contribution in [1.82, 2.24) is 14.8 Å². The van der Waals surface area contributed by atoms with Gasteiger partial charge in [0, 0.05) is 6.20 Å². The van der Waals surface area contributed by atoms with Crippen molar-refractivity contribution >= 4 is 17.8 Å². The average Bonchev–Trinajstić information content (AvgIpc) is 2.99. The van der Waals surface area contributed by atoms with Gasteiger partial charge in [0.2, 0.25) is 0 Å². The molecule has 1 saturated heterocycles. The lowest BCUT2D eigenvalue weighted by atomic mass is 9.92. The number of hydrogen-bond acceptors (Lipinski definition) is 4. The molecule has 0 radical (unpaired) electrons. The van der Waals surface area contributed by atoms with E-state index in [-0.39, 0.29) is 18.5 Å². The Morgan fingerprint density at radius 3 is 2.55 bits per heavy atom. The first kappa shape index (κ1) is 21.0. The Kier molecular flexibility index (Phi) is 5.76. The van der Waals surface area contributed by atoms with Crippen molar-refractivity contribution in [2.75, 3.05) is 6.54 Å². The van der Waals surface area contributed by atoms with Gasteiger partial charge < -0.3 is 5.32 Å². The summed E-state index contributed by atoms with van der Waals surface area (Å²) in [5, 5.41) is 2.75. The fourth-order valence-electron chi connectivity index (χ4n) is 4.32. The molecule has 3 amide bonds. The quantitative estimate of drug-likeness (QED) is 0.772. The van der Waals surface area contributed by atoms with Crippen molar-refractivity contribution in [1.29, 1.82) is 0 Å². The van der Waals surface area contributed by atoms with Crippen molar-refractivity contribution in [2.24, 2.45) is 4.99 Å². The van der Waals surface area contributed by atoms with E-state index in [0.29, 0.717) is 11.1 Å². The molecule has 1 aliphatic carbocycles. The Morgan fingerprint density at radius 1 is 1.13 bits per heavy atom. The molecule has 1 atom stereocenters. The van der Waals surface area contributed by atoms with Crippen LogP contribution in [-0.2, 0) is 10.3 Å². The van der Waals surface area contributed by atoms with Crippen LogP contribution in [0.1, 0.15) is 54.9 Å². The Bertz CT molecular complexity index is 1070. The van der Waals surface area contributed by atoms with E-state index < -0.39 is 17.5 Å². The fourth-order valence-corrected chi connectivity index (χ4v) is 4.32. The molecule has 1 unspecified atom stereocenters. The first-order chi connectivity index (χ1) is 14.9. The number of aromatic nitrogens is 1. The molecule has 0 bridgehead atoms. The van der Waals surface area contributed by atoms with Crippen molar-refractivity contribution in [3.8, 4) is 0 Å². The summed E-state index contributed by atoms with van der Waals surface area (Å²) in [7, 11) is 0.